The molecule has 132 valence electrons. The van der Waals surface area contributed by atoms with Gasteiger partial charge < -0.3 is 14.6 Å². The van der Waals surface area contributed by atoms with Crippen molar-refractivity contribution >= 4 is 11.8 Å². The van der Waals surface area contributed by atoms with Crippen LogP contribution in [-0.4, -0.2) is 36.3 Å². The van der Waals surface area contributed by atoms with Gasteiger partial charge in [-0.2, -0.15) is 0 Å². The van der Waals surface area contributed by atoms with Crippen LogP contribution < -0.4 is 5.32 Å². The van der Waals surface area contributed by atoms with Gasteiger partial charge >= 0.3 is 0 Å². The van der Waals surface area contributed by atoms with Gasteiger partial charge in [0.05, 0.1) is 6.26 Å². The summed E-state index contributed by atoms with van der Waals surface area (Å²) in [5.74, 6) is 0.381. The Morgan fingerprint density at radius 1 is 1.20 bits per heavy atom. The summed E-state index contributed by atoms with van der Waals surface area (Å²) >= 11 is 0. The average molecular weight is 340 g/mol. The first-order valence-electron chi connectivity index (χ1n) is 8.77. The first-order valence-corrected chi connectivity index (χ1v) is 8.77. The lowest BCUT2D eigenvalue weighted by atomic mass is 9.85. The molecule has 1 fully saturated rings. The van der Waals surface area contributed by atoms with Crippen molar-refractivity contribution in [3.05, 3.63) is 60.1 Å². The number of carbonyl (C=O) groups is 2. The first-order chi connectivity index (χ1) is 12.1. The molecule has 2 amide bonds. The monoisotopic (exact) mass is 340 g/mol. The fourth-order valence-electron chi connectivity index (χ4n) is 3.11. The van der Waals surface area contributed by atoms with Crippen molar-refractivity contribution in [3.63, 3.8) is 0 Å². The molecule has 25 heavy (non-hydrogen) atoms. The lowest BCUT2D eigenvalue weighted by Gasteiger charge is -2.32. The molecule has 1 aromatic carbocycles. The number of nitrogens with one attached hydrogen (secondary N) is 1. The molecule has 1 aliphatic carbocycles. The van der Waals surface area contributed by atoms with Crippen molar-refractivity contribution < 1.29 is 14.0 Å². The second-order valence-corrected chi connectivity index (χ2v) is 6.71. The molecule has 1 N–H and O–H groups in total. The second-order valence-electron chi connectivity index (χ2n) is 6.71. The number of furan rings is 1. The van der Waals surface area contributed by atoms with Gasteiger partial charge in [0.15, 0.2) is 5.76 Å². The predicted octanol–water partition coefficient (Wildman–Crippen LogP) is 2.88. The number of nitrogens with zero attached hydrogens (tertiary/aromatic N) is 1. The van der Waals surface area contributed by atoms with Gasteiger partial charge in [-0.25, -0.2) is 0 Å². The van der Waals surface area contributed by atoms with E-state index in [0.717, 1.165) is 12.1 Å². The van der Waals surface area contributed by atoms with Crippen molar-refractivity contribution in [1.82, 2.24) is 10.2 Å². The molecule has 5 nitrogen and oxygen atoms in total. The summed E-state index contributed by atoms with van der Waals surface area (Å²) in [6.07, 6.45) is 5.52. The number of hydrogen-bond donors (Lipinski definition) is 1. The van der Waals surface area contributed by atoms with Gasteiger partial charge in [0, 0.05) is 20.0 Å². The van der Waals surface area contributed by atoms with Crippen LogP contribution in [0.15, 0.2) is 53.1 Å². The summed E-state index contributed by atoms with van der Waals surface area (Å²) in [6.45, 7) is 0.751. The molecule has 5 heteroatoms. The Bertz CT molecular complexity index is 693. The van der Waals surface area contributed by atoms with Crippen LogP contribution in [0.5, 0.6) is 0 Å². The van der Waals surface area contributed by atoms with Crippen molar-refractivity contribution in [1.29, 1.82) is 0 Å². The van der Waals surface area contributed by atoms with Gasteiger partial charge in [0.25, 0.3) is 5.91 Å². The Labute approximate surface area is 148 Å². The zero-order valence-electron chi connectivity index (χ0n) is 14.5. The Morgan fingerprint density at radius 2 is 1.96 bits per heavy atom. The van der Waals surface area contributed by atoms with Crippen molar-refractivity contribution in [2.24, 2.45) is 5.92 Å². The van der Waals surface area contributed by atoms with Crippen LogP contribution in [-0.2, 0) is 11.2 Å². The fourth-order valence-corrected chi connectivity index (χ4v) is 3.11. The lowest BCUT2D eigenvalue weighted by Crippen LogP contribution is -2.49. The van der Waals surface area contributed by atoms with E-state index in [2.05, 4.69) is 5.32 Å². The third-order valence-electron chi connectivity index (χ3n) is 4.76. The van der Waals surface area contributed by atoms with Crippen LogP contribution in [0.3, 0.4) is 0 Å². The van der Waals surface area contributed by atoms with E-state index in [0.29, 0.717) is 12.3 Å². The van der Waals surface area contributed by atoms with E-state index < -0.39 is 6.04 Å². The van der Waals surface area contributed by atoms with Gasteiger partial charge in [0.1, 0.15) is 6.04 Å². The average Bonchev–Trinajstić information content (AvgIpc) is 3.12. The van der Waals surface area contributed by atoms with E-state index in [1.165, 1.54) is 25.5 Å². The maximum Gasteiger partial charge on any atom is 0.287 e. The highest BCUT2D eigenvalue weighted by Crippen LogP contribution is 2.27. The van der Waals surface area contributed by atoms with Crippen LogP contribution in [0.2, 0.25) is 0 Å². The summed E-state index contributed by atoms with van der Waals surface area (Å²) < 4.78 is 5.14. The molecule has 0 unspecified atom stereocenters. The molecule has 0 radical (unpaired) electrons. The molecule has 3 rings (SSSR count). The van der Waals surface area contributed by atoms with Crippen LogP contribution in [0.25, 0.3) is 0 Å². The number of rotatable bonds is 7. The summed E-state index contributed by atoms with van der Waals surface area (Å²) in [7, 11) is 1.82. The summed E-state index contributed by atoms with van der Waals surface area (Å²) in [6, 6.07) is 12.4. The minimum absolute atomic E-state index is 0.0596. The maximum atomic E-state index is 12.9. The Kier molecular flexibility index (Phi) is 5.53. The van der Waals surface area contributed by atoms with Gasteiger partial charge in [-0.3, -0.25) is 9.59 Å². The van der Waals surface area contributed by atoms with Gasteiger partial charge in [-0.1, -0.05) is 36.8 Å². The van der Waals surface area contributed by atoms with Crippen molar-refractivity contribution in [2.75, 3.05) is 13.6 Å². The Morgan fingerprint density at radius 3 is 2.56 bits per heavy atom. The highest BCUT2D eigenvalue weighted by Gasteiger charge is 2.28. The molecule has 1 saturated carbocycles. The van der Waals surface area contributed by atoms with Gasteiger partial charge in [-0.15, -0.1) is 0 Å². The van der Waals surface area contributed by atoms with Crippen LogP contribution >= 0.6 is 0 Å². The summed E-state index contributed by atoms with van der Waals surface area (Å²) in [4.78, 5) is 27.0. The summed E-state index contributed by atoms with van der Waals surface area (Å²) in [5.41, 5.74) is 1.01. The van der Waals surface area contributed by atoms with Crippen molar-refractivity contribution in [2.45, 2.75) is 31.7 Å². The number of likely N-dealkylation sites (N-methyl/N-ethyl adjacent to an activating group) is 1. The van der Waals surface area contributed by atoms with Crippen LogP contribution in [0, 0.1) is 5.92 Å². The minimum atomic E-state index is -0.606. The third kappa shape index (κ3) is 4.50. The zero-order valence-corrected chi connectivity index (χ0v) is 14.5. The smallest absolute Gasteiger partial charge is 0.287 e. The molecule has 2 aromatic rings. The third-order valence-corrected chi connectivity index (χ3v) is 4.76. The molecule has 0 spiro atoms. The molecule has 1 aliphatic rings. The highest BCUT2D eigenvalue weighted by molar-refractivity contribution is 5.95. The van der Waals surface area contributed by atoms with E-state index in [1.807, 2.05) is 37.4 Å². The highest BCUT2D eigenvalue weighted by atomic mass is 16.3. The normalized spacial score (nSPS) is 15.2. The second kappa shape index (κ2) is 8.01. The predicted molar refractivity (Wildman–Crippen MR) is 95.1 cm³/mol. The van der Waals surface area contributed by atoms with E-state index >= 15 is 0 Å². The Balaban J connectivity index is 1.70. The van der Waals surface area contributed by atoms with E-state index in [4.69, 9.17) is 4.42 Å². The number of hydrogen-bond acceptors (Lipinski definition) is 3. The summed E-state index contributed by atoms with van der Waals surface area (Å²) in [5, 5.41) is 2.83. The molecule has 0 bridgehead atoms. The van der Waals surface area contributed by atoms with E-state index in [9.17, 15) is 9.59 Å². The molecule has 1 aromatic heterocycles. The van der Waals surface area contributed by atoms with Crippen molar-refractivity contribution in [3.8, 4) is 0 Å². The molecule has 1 heterocycles. The molecular weight excluding hydrogens is 316 g/mol. The van der Waals surface area contributed by atoms with E-state index in [1.54, 1.807) is 17.0 Å². The molecular formula is C20H24N2O3. The van der Waals surface area contributed by atoms with E-state index in [-0.39, 0.29) is 17.6 Å². The maximum absolute atomic E-state index is 12.9. The van der Waals surface area contributed by atoms with Gasteiger partial charge in [-0.05, 0) is 36.5 Å². The lowest BCUT2D eigenvalue weighted by molar-refractivity contribution is -0.132. The molecule has 0 aliphatic heterocycles. The molecule has 0 saturated heterocycles. The number of carbonyl (C=O) groups excluding carboxylic acids is 2. The van der Waals surface area contributed by atoms with Gasteiger partial charge in [0.2, 0.25) is 5.91 Å². The van der Waals surface area contributed by atoms with Crippen LogP contribution in [0.1, 0.15) is 35.4 Å². The zero-order chi connectivity index (χ0) is 17.6. The topological polar surface area (TPSA) is 62.6 Å². The van der Waals surface area contributed by atoms with Crippen LogP contribution in [0.4, 0.5) is 0 Å². The first kappa shape index (κ1) is 17.3. The largest absolute Gasteiger partial charge is 0.459 e. The Hall–Kier alpha value is -2.56. The SMILES string of the molecule is CN(CC1CCC1)C(=O)[C@@H](Cc1ccccc1)NC(=O)c1ccco1. The number of amides is 2. The fraction of sp³-hybridized carbons (Fsp3) is 0.400. The minimum Gasteiger partial charge on any atom is -0.459 e. The standard InChI is InChI=1S/C20H24N2O3/c1-22(14-16-9-5-10-16)20(24)17(13-15-7-3-2-4-8-15)21-19(23)18-11-6-12-25-18/h2-4,6-8,11-12,16-17H,5,9-10,13-14H2,1H3,(H,21,23)/t17-/m1/s1. The molecule has 1 atom stereocenters. The number of benzene rings is 1. The quantitative estimate of drug-likeness (QED) is 0.843.